The Morgan fingerprint density at radius 1 is 1.39 bits per heavy atom. The van der Waals surface area contributed by atoms with Gasteiger partial charge in [0.1, 0.15) is 11.6 Å². The maximum Gasteiger partial charge on any atom is 0.257 e. The third-order valence-corrected chi connectivity index (χ3v) is 4.10. The lowest BCUT2D eigenvalue weighted by atomic mass is 10.0. The van der Waals surface area contributed by atoms with E-state index < -0.39 is 0 Å². The summed E-state index contributed by atoms with van der Waals surface area (Å²) in [5.41, 5.74) is 2.41. The van der Waals surface area contributed by atoms with Gasteiger partial charge in [0, 0.05) is 29.8 Å². The molecule has 23 heavy (non-hydrogen) atoms. The van der Waals surface area contributed by atoms with Gasteiger partial charge in [0.15, 0.2) is 0 Å². The van der Waals surface area contributed by atoms with Crippen molar-refractivity contribution in [3.8, 4) is 0 Å². The molecular weight excluding hydrogens is 290 g/mol. The third kappa shape index (κ3) is 3.88. The van der Waals surface area contributed by atoms with E-state index in [0.29, 0.717) is 17.2 Å². The summed E-state index contributed by atoms with van der Waals surface area (Å²) in [6.45, 7) is 11.5. The van der Waals surface area contributed by atoms with Crippen molar-refractivity contribution in [3.63, 3.8) is 0 Å². The Morgan fingerprint density at radius 2 is 2.04 bits per heavy atom. The monoisotopic (exact) mass is 315 g/mol. The smallest absolute Gasteiger partial charge is 0.257 e. The van der Waals surface area contributed by atoms with Crippen molar-refractivity contribution in [2.24, 2.45) is 12.0 Å². The van der Waals surface area contributed by atoms with Crippen LogP contribution in [0.2, 0.25) is 0 Å². The molecule has 1 aliphatic rings. The van der Waals surface area contributed by atoms with Crippen LogP contribution in [0.1, 0.15) is 40.5 Å². The molecule has 6 heteroatoms. The fraction of sp³-hybridized carbons (Fsp3) is 0.471. The zero-order valence-electron chi connectivity index (χ0n) is 14.5. The first-order chi connectivity index (χ1) is 10.8. The SMILES string of the molecule is C=N/C(NC1(C)CC1)=C(\C)C(C(=O)Nc1ccnn1C)=C(C)C. The molecule has 2 N–H and O–H groups in total. The predicted molar refractivity (Wildman–Crippen MR) is 93.2 cm³/mol. The molecule has 0 radical (unpaired) electrons. The number of nitrogens with zero attached hydrogens (tertiary/aromatic N) is 3. The van der Waals surface area contributed by atoms with Gasteiger partial charge in [-0.15, -0.1) is 0 Å². The molecule has 1 saturated carbocycles. The van der Waals surface area contributed by atoms with Crippen LogP contribution in [0.3, 0.4) is 0 Å². The van der Waals surface area contributed by atoms with Gasteiger partial charge in [-0.2, -0.15) is 5.10 Å². The molecule has 0 aliphatic heterocycles. The highest BCUT2D eigenvalue weighted by Gasteiger charge is 2.38. The molecule has 1 fully saturated rings. The maximum absolute atomic E-state index is 12.7. The van der Waals surface area contributed by atoms with Crippen LogP contribution in [0, 0.1) is 0 Å². The van der Waals surface area contributed by atoms with Gasteiger partial charge in [-0.25, -0.2) is 4.99 Å². The number of anilines is 1. The lowest BCUT2D eigenvalue weighted by molar-refractivity contribution is -0.112. The van der Waals surface area contributed by atoms with Gasteiger partial charge in [-0.05, 0) is 47.3 Å². The van der Waals surface area contributed by atoms with E-state index in [9.17, 15) is 4.79 Å². The van der Waals surface area contributed by atoms with Crippen molar-refractivity contribution in [1.82, 2.24) is 15.1 Å². The van der Waals surface area contributed by atoms with Crippen LogP contribution >= 0.6 is 0 Å². The van der Waals surface area contributed by atoms with Crippen LogP contribution in [-0.2, 0) is 11.8 Å². The number of carbonyl (C=O) groups excluding carboxylic acids is 1. The molecule has 0 unspecified atom stereocenters. The molecule has 0 aromatic carbocycles. The predicted octanol–water partition coefficient (Wildman–Crippen LogP) is 2.77. The Balaban J connectivity index is 2.30. The quantitative estimate of drug-likeness (QED) is 0.482. The normalized spacial score (nSPS) is 16.2. The van der Waals surface area contributed by atoms with E-state index in [1.54, 1.807) is 24.0 Å². The average Bonchev–Trinajstić information content (AvgIpc) is 3.07. The summed E-state index contributed by atoms with van der Waals surface area (Å²) in [6, 6.07) is 1.76. The first kappa shape index (κ1) is 17.0. The van der Waals surface area contributed by atoms with Crippen LogP contribution in [0.5, 0.6) is 0 Å². The lowest BCUT2D eigenvalue weighted by Gasteiger charge is -2.18. The summed E-state index contributed by atoms with van der Waals surface area (Å²) >= 11 is 0. The second-order valence-electron chi connectivity index (χ2n) is 6.49. The van der Waals surface area contributed by atoms with Crippen LogP contribution in [0.25, 0.3) is 0 Å². The number of hydrogen-bond donors (Lipinski definition) is 2. The van der Waals surface area contributed by atoms with Gasteiger partial charge in [0.25, 0.3) is 5.91 Å². The summed E-state index contributed by atoms with van der Waals surface area (Å²) in [5.74, 6) is 1.15. The molecule has 2 rings (SSSR count). The van der Waals surface area contributed by atoms with Crippen LogP contribution in [0.4, 0.5) is 5.82 Å². The number of rotatable bonds is 6. The highest BCUT2D eigenvalue weighted by molar-refractivity contribution is 6.07. The number of carbonyl (C=O) groups is 1. The second kappa shape index (κ2) is 6.40. The Bertz CT molecular complexity index is 688. The van der Waals surface area contributed by atoms with E-state index >= 15 is 0 Å². The van der Waals surface area contributed by atoms with Crippen LogP contribution < -0.4 is 10.6 Å². The molecule has 0 spiro atoms. The van der Waals surface area contributed by atoms with E-state index in [0.717, 1.165) is 24.0 Å². The van der Waals surface area contributed by atoms with Crippen molar-refractivity contribution in [3.05, 3.63) is 34.8 Å². The Hall–Kier alpha value is -2.37. The molecule has 0 bridgehead atoms. The average molecular weight is 315 g/mol. The van der Waals surface area contributed by atoms with E-state index in [4.69, 9.17) is 0 Å². The van der Waals surface area contributed by atoms with Gasteiger partial charge >= 0.3 is 0 Å². The lowest BCUT2D eigenvalue weighted by Crippen LogP contribution is -2.28. The largest absolute Gasteiger partial charge is 0.365 e. The molecule has 0 saturated heterocycles. The molecule has 0 atom stereocenters. The van der Waals surface area contributed by atoms with Gasteiger partial charge in [0.2, 0.25) is 0 Å². The first-order valence-corrected chi connectivity index (χ1v) is 7.70. The second-order valence-corrected chi connectivity index (χ2v) is 6.49. The number of allylic oxidation sites excluding steroid dienone is 1. The molecule has 1 heterocycles. The summed E-state index contributed by atoms with van der Waals surface area (Å²) in [5, 5.41) is 10.3. The Labute approximate surface area is 137 Å². The van der Waals surface area contributed by atoms with E-state index in [2.05, 4.69) is 34.4 Å². The van der Waals surface area contributed by atoms with Crippen molar-refractivity contribution in [2.75, 3.05) is 5.32 Å². The minimum Gasteiger partial charge on any atom is -0.365 e. The molecule has 1 amide bonds. The molecule has 1 aromatic heterocycles. The fourth-order valence-corrected chi connectivity index (χ4v) is 2.42. The molecular formula is C17H25N5O. The minimum atomic E-state index is -0.171. The zero-order valence-corrected chi connectivity index (χ0v) is 14.5. The maximum atomic E-state index is 12.7. The van der Waals surface area contributed by atoms with Crippen molar-refractivity contribution in [1.29, 1.82) is 0 Å². The topological polar surface area (TPSA) is 71.3 Å². The van der Waals surface area contributed by atoms with E-state index in [1.165, 1.54) is 0 Å². The van der Waals surface area contributed by atoms with Gasteiger partial charge in [-0.3, -0.25) is 9.48 Å². The number of nitrogens with one attached hydrogen (secondary N) is 2. The number of aryl methyl sites for hydroxylation is 1. The van der Waals surface area contributed by atoms with Gasteiger partial charge < -0.3 is 10.6 Å². The number of amides is 1. The summed E-state index contributed by atoms with van der Waals surface area (Å²) in [7, 11) is 1.78. The highest BCUT2D eigenvalue weighted by Crippen LogP contribution is 2.36. The molecule has 6 nitrogen and oxygen atoms in total. The minimum absolute atomic E-state index is 0.0725. The van der Waals surface area contributed by atoms with Crippen molar-refractivity contribution < 1.29 is 4.79 Å². The Morgan fingerprint density at radius 3 is 2.48 bits per heavy atom. The third-order valence-electron chi connectivity index (χ3n) is 4.10. The zero-order chi connectivity index (χ0) is 17.2. The van der Waals surface area contributed by atoms with Gasteiger partial charge in [-0.1, -0.05) is 5.57 Å². The summed E-state index contributed by atoms with van der Waals surface area (Å²) in [6.07, 6.45) is 3.85. The highest BCUT2D eigenvalue weighted by atomic mass is 16.1. The fourth-order valence-electron chi connectivity index (χ4n) is 2.42. The van der Waals surface area contributed by atoms with Gasteiger partial charge in [0.05, 0.1) is 6.20 Å². The summed E-state index contributed by atoms with van der Waals surface area (Å²) < 4.78 is 1.62. The van der Waals surface area contributed by atoms with Crippen molar-refractivity contribution >= 4 is 18.4 Å². The van der Waals surface area contributed by atoms with Crippen LogP contribution in [0.15, 0.2) is 39.8 Å². The number of aromatic nitrogens is 2. The molecule has 1 aromatic rings. The molecule has 124 valence electrons. The molecule has 1 aliphatic carbocycles. The van der Waals surface area contributed by atoms with Crippen LogP contribution in [-0.4, -0.2) is 27.9 Å². The standard InChI is InChI=1S/C17H25N5O/c1-11(2)14(16(23)20-13-7-10-19-22(13)6)12(3)15(18-5)21-17(4)8-9-17/h7,10,21H,5,8-9H2,1-4,6H3,(H,20,23)/b15-12-. The first-order valence-electron chi connectivity index (χ1n) is 7.70. The number of hydrogen-bond acceptors (Lipinski definition) is 4. The van der Waals surface area contributed by atoms with E-state index in [-0.39, 0.29) is 11.4 Å². The number of aliphatic imine (C=N–C) groups is 1. The van der Waals surface area contributed by atoms with Crippen molar-refractivity contribution in [2.45, 2.75) is 46.1 Å². The van der Waals surface area contributed by atoms with E-state index in [1.807, 2.05) is 20.8 Å². The Kier molecular flexibility index (Phi) is 4.73. The summed E-state index contributed by atoms with van der Waals surface area (Å²) in [4.78, 5) is 16.8.